The second-order valence-corrected chi connectivity index (χ2v) is 8.87. The molecule has 7 nitrogen and oxygen atoms in total. The number of hydrogen-bond acceptors (Lipinski definition) is 3. The maximum atomic E-state index is 12.5. The summed E-state index contributed by atoms with van der Waals surface area (Å²) in [6, 6.07) is 12.7. The molecule has 0 atom stereocenters. The van der Waals surface area contributed by atoms with Crippen LogP contribution in [0.4, 0.5) is 0 Å². The van der Waals surface area contributed by atoms with Gasteiger partial charge in [0.25, 0.3) is 5.91 Å². The van der Waals surface area contributed by atoms with E-state index >= 15 is 0 Å². The second-order valence-electron chi connectivity index (χ2n) is 8.03. The van der Waals surface area contributed by atoms with Crippen molar-refractivity contribution in [1.29, 1.82) is 0 Å². The number of H-pyrrole nitrogens is 1. The van der Waals surface area contributed by atoms with Crippen LogP contribution in [0.2, 0.25) is 10.0 Å². The van der Waals surface area contributed by atoms with Crippen molar-refractivity contribution in [1.82, 2.24) is 20.5 Å². The number of hydrogen-bond donors (Lipinski definition) is 3. The average Bonchev–Trinajstić information content (AvgIpc) is 3.25. The third kappa shape index (κ3) is 5.49. The fourth-order valence-corrected chi connectivity index (χ4v) is 4.64. The number of carbonyl (C=O) groups excluding carboxylic acids is 3. The SMILES string of the molecule is O=C(CNC(=O)c1ccc(Cl)cc1Cl)NCC(=O)N1CCC(c2c[nH]c3ccccc23)CC1. The smallest absolute Gasteiger partial charge is 0.253 e. The first kappa shape index (κ1) is 23.1. The molecule has 172 valence electrons. The first-order chi connectivity index (χ1) is 15.9. The number of aromatic nitrogens is 1. The summed E-state index contributed by atoms with van der Waals surface area (Å²) >= 11 is 11.8. The third-order valence-corrected chi connectivity index (χ3v) is 6.48. The van der Waals surface area contributed by atoms with Crippen molar-refractivity contribution in [2.75, 3.05) is 26.2 Å². The molecule has 1 aromatic heterocycles. The van der Waals surface area contributed by atoms with E-state index in [4.69, 9.17) is 23.2 Å². The van der Waals surface area contributed by atoms with Gasteiger partial charge in [-0.05, 0) is 48.6 Å². The molecule has 3 aromatic rings. The van der Waals surface area contributed by atoms with Crippen molar-refractivity contribution < 1.29 is 14.4 Å². The van der Waals surface area contributed by atoms with Gasteiger partial charge in [0.2, 0.25) is 11.8 Å². The Morgan fingerprint density at radius 3 is 2.52 bits per heavy atom. The van der Waals surface area contributed by atoms with Gasteiger partial charge in [-0.15, -0.1) is 0 Å². The zero-order valence-electron chi connectivity index (χ0n) is 17.9. The number of benzene rings is 2. The molecule has 0 unspecified atom stereocenters. The van der Waals surface area contributed by atoms with Crippen molar-refractivity contribution in [2.24, 2.45) is 0 Å². The molecule has 1 aliphatic rings. The number of nitrogens with zero attached hydrogens (tertiary/aromatic N) is 1. The zero-order valence-corrected chi connectivity index (χ0v) is 19.4. The number of piperidine rings is 1. The van der Waals surface area contributed by atoms with Gasteiger partial charge < -0.3 is 20.5 Å². The van der Waals surface area contributed by atoms with Crippen LogP contribution in [-0.2, 0) is 9.59 Å². The molecule has 3 amide bonds. The molecule has 9 heteroatoms. The minimum atomic E-state index is -0.488. The highest BCUT2D eigenvalue weighted by molar-refractivity contribution is 6.36. The lowest BCUT2D eigenvalue weighted by Crippen LogP contribution is -2.45. The average molecular weight is 487 g/mol. The number of fused-ring (bicyclic) bond motifs is 1. The third-order valence-electron chi connectivity index (χ3n) is 5.93. The number of amides is 3. The Labute approximate surface area is 201 Å². The van der Waals surface area contributed by atoms with Crippen LogP contribution in [0, 0.1) is 0 Å². The maximum Gasteiger partial charge on any atom is 0.253 e. The van der Waals surface area contributed by atoms with Crippen LogP contribution in [0.25, 0.3) is 10.9 Å². The molecule has 0 saturated carbocycles. The molecule has 1 fully saturated rings. The van der Waals surface area contributed by atoms with E-state index < -0.39 is 11.8 Å². The summed E-state index contributed by atoms with van der Waals surface area (Å²) in [5.41, 5.74) is 2.64. The van der Waals surface area contributed by atoms with Crippen molar-refractivity contribution in [2.45, 2.75) is 18.8 Å². The number of nitrogens with one attached hydrogen (secondary N) is 3. The van der Waals surface area contributed by atoms with Gasteiger partial charge in [0.1, 0.15) is 0 Å². The van der Waals surface area contributed by atoms with E-state index in [0.29, 0.717) is 24.0 Å². The molecular formula is C24H24Cl2N4O3. The predicted molar refractivity (Wildman–Crippen MR) is 129 cm³/mol. The standard InChI is InChI=1S/C24H24Cl2N4O3/c25-16-5-6-18(20(26)11-16)24(33)29-13-22(31)28-14-23(32)30-9-7-15(8-10-30)19-12-27-21-4-2-1-3-17(19)21/h1-6,11-12,15,27H,7-10,13-14H2,(H,28,31)(H,29,33). The second kappa shape index (κ2) is 10.3. The number of aromatic amines is 1. The molecule has 1 saturated heterocycles. The highest BCUT2D eigenvalue weighted by atomic mass is 35.5. The molecule has 4 rings (SSSR count). The van der Waals surface area contributed by atoms with Gasteiger partial charge in [-0.1, -0.05) is 41.4 Å². The van der Waals surface area contributed by atoms with Crippen LogP contribution in [-0.4, -0.2) is 53.8 Å². The van der Waals surface area contributed by atoms with Gasteiger partial charge >= 0.3 is 0 Å². The van der Waals surface area contributed by atoms with Crippen LogP contribution in [0.1, 0.15) is 34.7 Å². The summed E-state index contributed by atoms with van der Waals surface area (Å²) in [4.78, 5) is 41.9. The van der Waals surface area contributed by atoms with Gasteiger partial charge in [0, 0.05) is 35.2 Å². The lowest BCUT2D eigenvalue weighted by atomic mass is 9.89. The quantitative estimate of drug-likeness (QED) is 0.495. The monoisotopic (exact) mass is 486 g/mol. The molecule has 2 heterocycles. The molecular weight excluding hydrogens is 463 g/mol. The minimum Gasteiger partial charge on any atom is -0.361 e. The lowest BCUT2D eigenvalue weighted by Gasteiger charge is -2.32. The van der Waals surface area contributed by atoms with E-state index in [-0.39, 0.29) is 29.6 Å². The van der Waals surface area contributed by atoms with Crippen molar-refractivity contribution >= 4 is 51.8 Å². The molecule has 1 aliphatic heterocycles. The van der Waals surface area contributed by atoms with Gasteiger partial charge in [0.15, 0.2) is 0 Å². The van der Waals surface area contributed by atoms with Crippen molar-refractivity contribution in [3.63, 3.8) is 0 Å². The summed E-state index contributed by atoms with van der Waals surface area (Å²) in [6.45, 7) is 0.928. The normalized spacial score (nSPS) is 14.3. The first-order valence-corrected chi connectivity index (χ1v) is 11.5. The highest BCUT2D eigenvalue weighted by Gasteiger charge is 2.25. The van der Waals surface area contributed by atoms with E-state index in [0.717, 1.165) is 18.4 Å². The van der Waals surface area contributed by atoms with Crippen LogP contribution in [0.5, 0.6) is 0 Å². The summed E-state index contributed by atoms with van der Waals surface area (Å²) in [6.07, 6.45) is 3.82. The number of halogens is 2. The van der Waals surface area contributed by atoms with Crippen LogP contribution in [0.3, 0.4) is 0 Å². The Hall–Kier alpha value is -3.03. The maximum absolute atomic E-state index is 12.5. The predicted octanol–water partition coefficient (Wildman–Crippen LogP) is 3.73. The van der Waals surface area contributed by atoms with E-state index in [2.05, 4.69) is 33.9 Å². The Kier molecular flexibility index (Phi) is 7.20. The number of carbonyl (C=O) groups is 3. The van der Waals surface area contributed by atoms with Gasteiger partial charge in [-0.2, -0.15) is 0 Å². The molecule has 2 aromatic carbocycles. The van der Waals surface area contributed by atoms with Crippen molar-refractivity contribution in [3.8, 4) is 0 Å². The fraction of sp³-hybridized carbons (Fsp3) is 0.292. The largest absolute Gasteiger partial charge is 0.361 e. The van der Waals surface area contributed by atoms with Crippen LogP contribution >= 0.6 is 23.2 Å². The molecule has 0 radical (unpaired) electrons. The molecule has 33 heavy (non-hydrogen) atoms. The van der Waals surface area contributed by atoms with Gasteiger partial charge in [0.05, 0.1) is 23.7 Å². The molecule has 3 N–H and O–H groups in total. The minimum absolute atomic E-state index is 0.103. The molecule has 0 bridgehead atoms. The van der Waals surface area contributed by atoms with E-state index in [1.54, 1.807) is 11.0 Å². The Bertz CT molecular complexity index is 1190. The number of rotatable bonds is 6. The molecule has 0 aliphatic carbocycles. The Morgan fingerprint density at radius 1 is 1.00 bits per heavy atom. The summed E-state index contributed by atoms with van der Waals surface area (Å²) in [7, 11) is 0. The van der Waals surface area contributed by atoms with Crippen LogP contribution in [0.15, 0.2) is 48.7 Å². The van der Waals surface area contributed by atoms with Crippen LogP contribution < -0.4 is 10.6 Å². The van der Waals surface area contributed by atoms with E-state index in [9.17, 15) is 14.4 Å². The zero-order chi connectivity index (χ0) is 23.4. The Morgan fingerprint density at radius 2 is 1.76 bits per heavy atom. The Balaban J connectivity index is 1.21. The van der Waals surface area contributed by atoms with Crippen molar-refractivity contribution in [3.05, 3.63) is 69.8 Å². The fourth-order valence-electron chi connectivity index (χ4n) is 4.15. The number of likely N-dealkylation sites (tertiary alicyclic amines) is 1. The highest BCUT2D eigenvalue weighted by Crippen LogP contribution is 2.33. The molecule has 0 spiro atoms. The van der Waals surface area contributed by atoms with Gasteiger partial charge in [-0.3, -0.25) is 14.4 Å². The van der Waals surface area contributed by atoms with E-state index in [1.807, 2.05) is 12.1 Å². The topological polar surface area (TPSA) is 94.3 Å². The van der Waals surface area contributed by atoms with E-state index in [1.165, 1.54) is 23.1 Å². The summed E-state index contributed by atoms with van der Waals surface area (Å²) in [5.74, 6) is -0.671. The lowest BCUT2D eigenvalue weighted by molar-refractivity contribution is -0.133. The van der Waals surface area contributed by atoms with Gasteiger partial charge in [-0.25, -0.2) is 0 Å². The first-order valence-electron chi connectivity index (χ1n) is 10.8. The summed E-state index contributed by atoms with van der Waals surface area (Å²) in [5, 5.41) is 6.91. The summed E-state index contributed by atoms with van der Waals surface area (Å²) < 4.78 is 0. The number of para-hydroxylation sites is 1.